The van der Waals surface area contributed by atoms with Gasteiger partial charge in [-0.1, -0.05) is 18.2 Å². The number of benzene rings is 2. The highest BCUT2D eigenvalue weighted by molar-refractivity contribution is 5.89. The number of urea groups is 1. The largest absolute Gasteiger partial charge is 0.496 e. The molecule has 0 bridgehead atoms. The molecule has 0 heterocycles. The third kappa shape index (κ3) is 4.89. The Labute approximate surface area is 141 Å². The summed E-state index contributed by atoms with van der Waals surface area (Å²) in [6, 6.07) is 13.8. The van der Waals surface area contributed by atoms with Crippen LogP contribution < -0.4 is 20.1 Å². The summed E-state index contributed by atoms with van der Waals surface area (Å²) in [5.41, 5.74) is 1.27. The van der Waals surface area contributed by atoms with Crippen molar-refractivity contribution in [2.45, 2.75) is 13.0 Å². The molecular weight excluding hydrogens is 308 g/mol. The van der Waals surface area contributed by atoms with E-state index < -0.39 is 12.1 Å². The Morgan fingerprint density at radius 3 is 2.54 bits per heavy atom. The van der Waals surface area contributed by atoms with E-state index in [-0.39, 0.29) is 6.54 Å². The first kappa shape index (κ1) is 17.6. The molecule has 0 aliphatic carbocycles. The lowest BCUT2D eigenvalue weighted by molar-refractivity contribution is 0.171. The standard InChI is InChI=1S/C18H22N2O4/c1-3-24-14-10-8-13(9-11-14)20-18(22)19-12-16(21)15-6-4-5-7-17(15)23-2/h4-11,16,21H,3,12H2,1-2H3,(H2,19,20,22). The van der Waals surface area contributed by atoms with Crippen molar-refractivity contribution in [2.24, 2.45) is 0 Å². The molecular formula is C18H22N2O4. The van der Waals surface area contributed by atoms with Crippen LogP contribution in [-0.2, 0) is 0 Å². The van der Waals surface area contributed by atoms with Crippen LogP contribution in [0, 0.1) is 0 Å². The van der Waals surface area contributed by atoms with E-state index in [0.717, 1.165) is 5.75 Å². The number of hydrogen-bond donors (Lipinski definition) is 3. The number of para-hydroxylation sites is 1. The van der Waals surface area contributed by atoms with E-state index in [0.29, 0.717) is 23.6 Å². The molecule has 2 amide bonds. The highest BCUT2D eigenvalue weighted by Gasteiger charge is 2.13. The van der Waals surface area contributed by atoms with Crippen LogP contribution in [0.3, 0.4) is 0 Å². The van der Waals surface area contributed by atoms with Crippen LogP contribution in [0.4, 0.5) is 10.5 Å². The zero-order chi connectivity index (χ0) is 17.4. The Kier molecular flexibility index (Phi) is 6.45. The number of carbonyl (C=O) groups is 1. The fraction of sp³-hybridized carbons (Fsp3) is 0.278. The molecule has 0 radical (unpaired) electrons. The van der Waals surface area contributed by atoms with E-state index in [1.54, 1.807) is 42.5 Å². The monoisotopic (exact) mass is 330 g/mol. The molecule has 1 unspecified atom stereocenters. The Morgan fingerprint density at radius 1 is 1.17 bits per heavy atom. The maximum Gasteiger partial charge on any atom is 0.319 e. The van der Waals surface area contributed by atoms with E-state index in [1.165, 1.54) is 7.11 Å². The van der Waals surface area contributed by atoms with E-state index in [2.05, 4.69) is 10.6 Å². The lowest BCUT2D eigenvalue weighted by Gasteiger charge is -2.15. The lowest BCUT2D eigenvalue weighted by Crippen LogP contribution is -2.32. The van der Waals surface area contributed by atoms with Gasteiger partial charge < -0.3 is 25.2 Å². The Balaban J connectivity index is 1.86. The number of aliphatic hydroxyl groups is 1. The van der Waals surface area contributed by atoms with Gasteiger partial charge in [-0.15, -0.1) is 0 Å². The summed E-state index contributed by atoms with van der Waals surface area (Å²) >= 11 is 0. The topological polar surface area (TPSA) is 79.8 Å². The minimum Gasteiger partial charge on any atom is -0.496 e. The number of aliphatic hydroxyl groups excluding tert-OH is 1. The van der Waals surface area contributed by atoms with E-state index in [1.807, 2.05) is 13.0 Å². The maximum absolute atomic E-state index is 11.9. The Morgan fingerprint density at radius 2 is 1.88 bits per heavy atom. The van der Waals surface area contributed by atoms with Gasteiger partial charge in [0.15, 0.2) is 0 Å². The SMILES string of the molecule is CCOc1ccc(NC(=O)NCC(O)c2ccccc2OC)cc1. The molecule has 0 saturated carbocycles. The molecule has 0 fully saturated rings. The van der Waals surface area contributed by atoms with Crippen LogP contribution in [0.1, 0.15) is 18.6 Å². The average Bonchev–Trinajstić information content (AvgIpc) is 2.61. The molecule has 128 valence electrons. The molecule has 0 spiro atoms. The van der Waals surface area contributed by atoms with Crippen molar-refractivity contribution in [3.63, 3.8) is 0 Å². The highest BCUT2D eigenvalue weighted by Crippen LogP contribution is 2.24. The number of rotatable bonds is 7. The summed E-state index contributed by atoms with van der Waals surface area (Å²) in [7, 11) is 1.54. The number of amides is 2. The number of anilines is 1. The third-order valence-corrected chi connectivity index (χ3v) is 3.38. The summed E-state index contributed by atoms with van der Waals surface area (Å²) in [5, 5.41) is 15.5. The molecule has 1 atom stereocenters. The van der Waals surface area contributed by atoms with Gasteiger partial charge in [-0.05, 0) is 37.3 Å². The minimum absolute atomic E-state index is 0.0727. The second kappa shape index (κ2) is 8.79. The maximum atomic E-state index is 11.9. The Hall–Kier alpha value is -2.73. The van der Waals surface area contributed by atoms with Crippen LogP contribution in [0.2, 0.25) is 0 Å². The first-order valence-electron chi connectivity index (χ1n) is 7.72. The van der Waals surface area contributed by atoms with Gasteiger partial charge in [0.1, 0.15) is 11.5 Å². The lowest BCUT2D eigenvalue weighted by atomic mass is 10.1. The molecule has 24 heavy (non-hydrogen) atoms. The predicted molar refractivity (Wildman–Crippen MR) is 92.6 cm³/mol. The van der Waals surface area contributed by atoms with Crippen molar-refractivity contribution >= 4 is 11.7 Å². The second-order valence-electron chi connectivity index (χ2n) is 5.05. The molecule has 0 aliphatic heterocycles. The van der Waals surface area contributed by atoms with Crippen molar-refractivity contribution in [3.05, 3.63) is 54.1 Å². The smallest absolute Gasteiger partial charge is 0.319 e. The van der Waals surface area contributed by atoms with Crippen molar-refractivity contribution in [3.8, 4) is 11.5 Å². The van der Waals surface area contributed by atoms with E-state index in [4.69, 9.17) is 9.47 Å². The molecule has 6 heteroatoms. The molecule has 0 aromatic heterocycles. The zero-order valence-corrected chi connectivity index (χ0v) is 13.8. The van der Waals surface area contributed by atoms with Crippen molar-refractivity contribution in [2.75, 3.05) is 25.6 Å². The third-order valence-electron chi connectivity index (χ3n) is 3.38. The average molecular weight is 330 g/mol. The molecule has 3 N–H and O–H groups in total. The molecule has 2 aromatic carbocycles. The fourth-order valence-electron chi connectivity index (χ4n) is 2.22. The number of nitrogens with one attached hydrogen (secondary N) is 2. The number of hydrogen-bond acceptors (Lipinski definition) is 4. The van der Waals surface area contributed by atoms with Gasteiger partial charge in [0.05, 0.1) is 19.8 Å². The van der Waals surface area contributed by atoms with Crippen molar-refractivity contribution in [1.82, 2.24) is 5.32 Å². The summed E-state index contributed by atoms with van der Waals surface area (Å²) in [5.74, 6) is 1.33. The Bertz CT molecular complexity index is 658. The van der Waals surface area contributed by atoms with Gasteiger partial charge in [0, 0.05) is 17.8 Å². The number of carbonyl (C=O) groups excluding carboxylic acids is 1. The molecule has 2 rings (SSSR count). The first-order chi connectivity index (χ1) is 11.6. The highest BCUT2D eigenvalue weighted by atomic mass is 16.5. The zero-order valence-electron chi connectivity index (χ0n) is 13.8. The summed E-state index contributed by atoms with van der Waals surface area (Å²) < 4.78 is 10.5. The molecule has 0 aliphatic rings. The van der Waals surface area contributed by atoms with Gasteiger partial charge in [0.2, 0.25) is 0 Å². The van der Waals surface area contributed by atoms with Crippen LogP contribution >= 0.6 is 0 Å². The predicted octanol–water partition coefficient (Wildman–Crippen LogP) is 2.95. The van der Waals surface area contributed by atoms with Crippen molar-refractivity contribution in [1.29, 1.82) is 0 Å². The van der Waals surface area contributed by atoms with Gasteiger partial charge in [-0.25, -0.2) is 4.79 Å². The molecule has 2 aromatic rings. The van der Waals surface area contributed by atoms with Crippen LogP contribution in [0.25, 0.3) is 0 Å². The minimum atomic E-state index is -0.854. The van der Waals surface area contributed by atoms with Crippen LogP contribution in [0.5, 0.6) is 11.5 Å². The number of ether oxygens (including phenoxy) is 2. The fourth-order valence-corrected chi connectivity index (χ4v) is 2.22. The van der Waals surface area contributed by atoms with E-state index >= 15 is 0 Å². The first-order valence-corrected chi connectivity index (χ1v) is 7.72. The molecule has 6 nitrogen and oxygen atoms in total. The summed E-state index contributed by atoms with van der Waals surface area (Å²) in [6.45, 7) is 2.57. The summed E-state index contributed by atoms with van der Waals surface area (Å²) in [6.07, 6.45) is -0.854. The van der Waals surface area contributed by atoms with Gasteiger partial charge >= 0.3 is 6.03 Å². The normalized spacial score (nSPS) is 11.5. The van der Waals surface area contributed by atoms with Gasteiger partial charge in [0.25, 0.3) is 0 Å². The quantitative estimate of drug-likeness (QED) is 0.729. The summed E-state index contributed by atoms with van der Waals surface area (Å²) in [4.78, 5) is 11.9. The number of methoxy groups -OCH3 is 1. The van der Waals surface area contributed by atoms with Gasteiger partial charge in [-0.3, -0.25) is 0 Å². The van der Waals surface area contributed by atoms with Gasteiger partial charge in [-0.2, -0.15) is 0 Å². The van der Waals surface area contributed by atoms with Crippen molar-refractivity contribution < 1.29 is 19.4 Å². The van der Waals surface area contributed by atoms with Crippen LogP contribution in [-0.4, -0.2) is 31.4 Å². The van der Waals surface area contributed by atoms with E-state index in [9.17, 15) is 9.90 Å². The van der Waals surface area contributed by atoms with Crippen LogP contribution in [0.15, 0.2) is 48.5 Å². The molecule has 0 saturated heterocycles. The second-order valence-corrected chi connectivity index (χ2v) is 5.05.